The highest BCUT2D eigenvalue weighted by Crippen LogP contribution is 2.25. The van der Waals surface area contributed by atoms with Gasteiger partial charge in [0.15, 0.2) is 0 Å². The summed E-state index contributed by atoms with van der Waals surface area (Å²) in [6.07, 6.45) is 2.11. The van der Waals surface area contributed by atoms with Gasteiger partial charge in [0.2, 0.25) is 0 Å². The second kappa shape index (κ2) is 4.48. The monoisotopic (exact) mass is 266 g/mol. The third-order valence-corrected chi connectivity index (χ3v) is 4.24. The van der Waals surface area contributed by atoms with Crippen molar-refractivity contribution in [2.75, 3.05) is 0 Å². The van der Waals surface area contributed by atoms with Gasteiger partial charge in [-0.05, 0) is 39.7 Å². The number of hydrogen-bond acceptors (Lipinski definition) is 4. The molecule has 0 saturated heterocycles. The minimum Gasteiger partial charge on any atom is -0.390 e. The fourth-order valence-electron chi connectivity index (χ4n) is 1.82. The average Bonchev–Trinajstić information content (AvgIpc) is 2.53. The molecule has 0 fully saturated rings. The summed E-state index contributed by atoms with van der Waals surface area (Å²) in [6.45, 7) is 7.92. The van der Waals surface area contributed by atoms with Crippen molar-refractivity contribution in [3.05, 3.63) is 27.1 Å². The SMILES string of the molecule is Cc1sc2ncn(CCC(C)(C)O)c(=O)c2c1C. The molecule has 0 unspecified atom stereocenters. The lowest BCUT2D eigenvalue weighted by atomic mass is 10.1. The summed E-state index contributed by atoms with van der Waals surface area (Å²) < 4.78 is 1.58. The Morgan fingerprint density at radius 3 is 2.72 bits per heavy atom. The molecule has 0 saturated carbocycles. The Kier molecular flexibility index (Phi) is 3.29. The zero-order chi connectivity index (χ0) is 13.5. The first-order valence-corrected chi connectivity index (χ1v) is 6.79. The van der Waals surface area contributed by atoms with E-state index in [1.54, 1.807) is 36.1 Å². The fourth-order valence-corrected chi connectivity index (χ4v) is 2.81. The van der Waals surface area contributed by atoms with E-state index in [2.05, 4.69) is 4.98 Å². The second-order valence-corrected chi connectivity index (χ2v) is 6.47. The molecular weight excluding hydrogens is 248 g/mol. The maximum Gasteiger partial charge on any atom is 0.262 e. The van der Waals surface area contributed by atoms with Crippen LogP contribution in [-0.4, -0.2) is 20.3 Å². The van der Waals surface area contributed by atoms with Crippen molar-refractivity contribution < 1.29 is 5.11 Å². The summed E-state index contributed by atoms with van der Waals surface area (Å²) in [7, 11) is 0. The normalized spacial score (nSPS) is 12.3. The van der Waals surface area contributed by atoms with Gasteiger partial charge in [0.05, 0.1) is 17.3 Å². The molecule has 0 aliphatic rings. The minimum absolute atomic E-state index is 0.00824. The van der Waals surface area contributed by atoms with Crippen molar-refractivity contribution in [1.82, 2.24) is 9.55 Å². The molecule has 0 aromatic carbocycles. The van der Waals surface area contributed by atoms with Gasteiger partial charge >= 0.3 is 0 Å². The quantitative estimate of drug-likeness (QED) is 0.927. The van der Waals surface area contributed by atoms with Crippen LogP contribution < -0.4 is 5.56 Å². The highest BCUT2D eigenvalue weighted by molar-refractivity contribution is 7.18. The zero-order valence-electron chi connectivity index (χ0n) is 11.1. The van der Waals surface area contributed by atoms with Gasteiger partial charge in [0.25, 0.3) is 5.56 Å². The van der Waals surface area contributed by atoms with Crippen molar-refractivity contribution in [3.8, 4) is 0 Å². The van der Waals surface area contributed by atoms with E-state index in [4.69, 9.17) is 0 Å². The highest BCUT2D eigenvalue weighted by Gasteiger charge is 2.15. The summed E-state index contributed by atoms with van der Waals surface area (Å²) in [5.41, 5.74) is 0.241. The Balaban J connectivity index is 2.45. The number of aliphatic hydroxyl groups is 1. The van der Waals surface area contributed by atoms with E-state index in [-0.39, 0.29) is 5.56 Å². The number of fused-ring (bicyclic) bond motifs is 1. The lowest BCUT2D eigenvalue weighted by Crippen LogP contribution is -2.26. The first kappa shape index (κ1) is 13.2. The van der Waals surface area contributed by atoms with Gasteiger partial charge in [0.1, 0.15) is 4.83 Å². The van der Waals surface area contributed by atoms with E-state index in [1.165, 1.54) is 0 Å². The molecule has 18 heavy (non-hydrogen) atoms. The first-order valence-electron chi connectivity index (χ1n) is 5.97. The third kappa shape index (κ3) is 2.47. The summed E-state index contributed by atoms with van der Waals surface area (Å²) in [5, 5.41) is 10.4. The molecular formula is C13H18N2O2S. The number of thiophene rings is 1. The van der Waals surface area contributed by atoms with Gasteiger partial charge in [-0.1, -0.05) is 0 Å². The molecule has 0 aliphatic heterocycles. The van der Waals surface area contributed by atoms with E-state index >= 15 is 0 Å². The number of rotatable bonds is 3. The molecule has 2 rings (SSSR count). The number of aryl methyl sites for hydroxylation is 3. The topological polar surface area (TPSA) is 55.1 Å². The Hall–Kier alpha value is -1.20. The fraction of sp³-hybridized carbons (Fsp3) is 0.538. The molecule has 2 aromatic heterocycles. The van der Waals surface area contributed by atoms with E-state index < -0.39 is 5.60 Å². The predicted octanol–water partition coefficient (Wildman–Crippen LogP) is 2.24. The molecule has 0 spiro atoms. The Labute approximate surface area is 110 Å². The zero-order valence-corrected chi connectivity index (χ0v) is 12.0. The summed E-state index contributed by atoms with van der Waals surface area (Å²) in [5.74, 6) is 0. The maximum absolute atomic E-state index is 12.3. The van der Waals surface area contributed by atoms with Crippen molar-refractivity contribution in [2.24, 2.45) is 0 Å². The van der Waals surface area contributed by atoms with Crippen LogP contribution in [0.2, 0.25) is 0 Å². The summed E-state index contributed by atoms with van der Waals surface area (Å²) in [6, 6.07) is 0. The Morgan fingerprint density at radius 2 is 2.11 bits per heavy atom. The largest absolute Gasteiger partial charge is 0.390 e. The van der Waals surface area contributed by atoms with Crippen LogP contribution in [0.15, 0.2) is 11.1 Å². The molecule has 2 heterocycles. The molecule has 98 valence electrons. The van der Waals surface area contributed by atoms with Crippen LogP contribution >= 0.6 is 11.3 Å². The predicted molar refractivity (Wildman–Crippen MR) is 74.3 cm³/mol. The summed E-state index contributed by atoms with van der Waals surface area (Å²) in [4.78, 5) is 18.6. The molecule has 1 N–H and O–H groups in total. The molecule has 2 aromatic rings. The van der Waals surface area contributed by atoms with Crippen molar-refractivity contribution in [3.63, 3.8) is 0 Å². The second-order valence-electron chi connectivity index (χ2n) is 5.27. The van der Waals surface area contributed by atoms with Crippen LogP contribution in [0.4, 0.5) is 0 Å². The Morgan fingerprint density at radius 1 is 1.44 bits per heavy atom. The van der Waals surface area contributed by atoms with E-state index in [1.807, 2.05) is 13.8 Å². The highest BCUT2D eigenvalue weighted by atomic mass is 32.1. The van der Waals surface area contributed by atoms with E-state index in [0.717, 1.165) is 20.7 Å². The maximum atomic E-state index is 12.3. The first-order chi connectivity index (χ1) is 8.29. The van der Waals surface area contributed by atoms with Crippen LogP contribution in [0.5, 0.6) is 0 Å². The summed E-state index contributed by atoms with van der Waals surface area (Å²) >= 11 is 1.55. The molecule has 0 bridgehead atoms. The van der Waals surface area contributed by atoms with Crippen LogP contribution in [0, 0.1) is 13.8 Å². The van der Waals surface area contributed by atoms with Crippen LogP contribution in [0.3, 0.4) is 0 Å². The van der Waals surface area contributed by atoms with Gasteiger partial charge in [-0.25, -0.2) is 4.98 Å². The van der Waals surface area contributed by atoms with E-state index in [9.17, 15) is 9.90 Å². The molecule has 4 nitrogen and oxygen atoms in total. The van der Waals surface area contributed by atoms with Crippen molar-refractivity contribution in [1.29, 1.82) is 0 Å². The minimum atomic E-state index is -0.770. The van der Waals surface area contributed by atoms with Gasteiger partial charge in [-0.3, -0.25) is 9.36 Å². The van der Waals surface area contributed by atoms with Crippen LogP contribution in [0.25, 0.3) is 10.2 Å². The number of aromatic nitrogens is 2. The molecule has 5 heteroatoms. The standard InChI is InChI=1S/C13H18N2O2S/c1-8-9(2)18-11-10(8)12(16)15(7-14-11)6-5-13(3,4)17/h7,17H,5-6H2,1-4H3. The molecule has 0 radical (unpaired) electrons. The Bertz CT molecular complexity index is 635. The van der Waals surface area contributed by atoms with Crippen molar-refractivity contribution >= 4 is 21.6 Å². The smallest absolute Gasteiger partial charge is 0.262 e. The number of hydrogen-bond donors (Lipinski definition) is 1. The van der Waals surface area contributed by atoms with Crippen LogP contribution in [0.1, 0.15) is 30.7 Å². The van der Waals surface area contributed by atoms with E-state index in [0.29, 0.717) is 13.0 Å². The lowest BCUT2D eigenvalue weighted by molar-refractivity contribution is 0.0659. The molecule has 0 amide bonds. The van der Waals surface area contributed by atoms with Gasteiger partial charge in [0, 0.05) is 11.4 Å². The van der Waals surface area contributed by atoms with Gasteiger partial charge < -0.3 is 5.11 Å². The van der Waals surface area contributed by atoms with Gasteiger partial charge in [-0.15, -0.1) is 11.3 Å². The lowest BCUT2D eigenvalue weighted by Gasteiger charge is -2.17. The van der Waals surface area contributed by atoms with Crippen molar-refractivity contribution in [2.45, 2.75) is 46.3 Å². The average molecular weight is 266 g/mol. The third-order valence-electron chi connectivity index (χ3n) is 3.12. The molecule has 0 atom stereocenters. The molecule has 0 aliphatic carbocycles. The van der Waals surface area contributed by atoms with Crippen LogP contribution in [-0.2, 0) is 6.54 Å². The van der Waals surface area contributed by atoms with Gasteiger partial charge in [-0.2, -0.15) is 0 Å². The number of nitrogens with zero attached hydrogens (tertiary/aromatic N) is 2.